The van der Waals surface area contributed by atoms with Crippen LogP contribution in [0.2, 0.25) is 0 Å². The van der Waals surface area contributed by atoms with Crippen LogP contribution in [-0.2, 0) is 4.74 Å². The van der Waals surface area contributed by atoms with Gasteiger partial charge in [-0.1, -0.05) is 13.0 Å². The van der Waals surface area contributed by atoms with Gasteiger partial charge in [0.2, 0.25) is 5.95 Å². The van der Waals surface area contributed by atoms with E-state index in [-0.39, 0.29) is 6.10 Å². The molecule has 1 aliphatic heterocycles. The number of morpholine rings is 1. The lowest BCUT2D eigenvalue weighted by molar-refractivity contribution is 0.0295. The molecule has 0 amide bonds. The molecule has 0 radical (unpaired) electrons. The van der Waals surface area contributed by atoms with Gasteiger partial charge in [0, 0.05) is 6.54 Å². The number of ether oxygens (including phenoxy) is 1. The Kier molecular flexibility index (Phi) is 3.39. The van der Waals surface area contributed by atoms with Crippen LogP contribution < -0.4 is 4.90 Å². The molecule has 0 spiro atoms. The Labute approximate surface area is 95.2 Å². The third-order valence-electron chi connectivity index (χ3n) is 2.93. The van der Waals surface area contributed by atoms with Gasteiger partial charge in [-0.15, -0.1) is 0 Å². The summed E-state index contributed by atoms with van der Waals surface area (Å²) in [5, 5.41) is 0. The Balaban J connectivity index is 2.22. The van der Waals surface area contributed by atoms with Crippen LogP contribution >= 0.6 is 0 Å². The summed E-state index contributed by atoms with van der Waals surface area (Å²) in [6.07, 6.45) is 1.15. The second-order valence-corrected chi connectivity index (χ2v) is 4.18. The Hall–Kier alpha value is -1.16. The number of nitrogens with zero attached hydrogens (tertiary/aromatic N) is 2. The van der Waals surface area contributed by atoms with Gasteiger partial charge in [0.15, 0.2) is 0 Å². The van der Waals surface area contributed by atoms with Crippen molar-refractivity contribution in [1.82, 2.24) is 4.98 Å². The van der Waals surface area contributed by atoms with E-state index in [1.165, 1.54) is 6.07 Å². The first-order valence-electron chi connectivity index (χ1n) is 5.71. The second kappa shape index (κ2) is 4.78. The summed E-state index contributed by atoms with van der Waals surface area (Å²) >= 11 is 0. The van der Waals surface area contributed by atoms with Crippen LogP contribution in [0.15, 0.2) is 18.2 Å². The minimum atomic E-state index is -0.425. The molecule has 88 valence electrons. The van der Waals surface area contributed by atoms with Crippen molar-refractivity contribution in [1.29, 1.82) is 0 Å². The molecule has 2 atom stereocenters. The normalized spacial score (nSPS) is 25.8. The minimum Gasteiger partial charge on any atom is -0.375 e. The Morgan fingerprint density at radius 2 is 2.38 bits per heavy atom. The number of pyridine rings is 1. The van der Waals surface area contributed by atoms with Crippen molar-refractivity contribution in [2.24, 2.45) is 0 Å². The van der Waals surface area contributed by atoms with Crippen molar-refractivity contribution in [3.8, 4) is 0 Å². The first-order valence-corrected chi connectivity index (χ1v) is 5.71. The highest BCUT2D eigenvalue weighted by molar-refractivity contribution is 5.40. The number of aromatic nitrogens is 1. The maximum Gasteiger partial charge on any atom is 0.214 e. The second-order valence-electron chi connectivity index (χ2n) is 4.18. The average molecular weight is 224 g/mol. The third kappa shape index (κ3) is 2.32. The van der Waals surface area contributed by atoms with Crippen LogP contribution in [0, 0.1) is 5.95 Å². The number of halogens is 1. The summed E-state index contributed by atoms with van der Waals surface area (Å²) in [5.41, 5.74) is 0. The van der Waals surface area contributed by atoms with Crippen molar-refractivity contribution in [2.45, 2.75) is 32.4 Å². The molecule has 1 fully saturated rings. The molecular weight excluding hydrogens is 207 g/mol. The highest BCUT2D eigenvalue weighted by atomic mass is 19.1. The van der Waals surface area contributed by atoms with Crippen LogP contribution in [0.3, 0.4) is 0 Å². The first kappa shape index (κ1) is 11.3. The molecule has 3 nitrogen and oxygen atoms in total. The summed E-state index contributed by atoms with van der Waals surface area (Å²) in [7, 11) is 0. The van der Waals surface area contributed by atoms with Crippen LogP contribution in [0.25, 0.3) is 0 Å². The largest absolute Gasteiger partial charge is 0.375 e. The van der Waals surface area contributed by atoms with Crippen LogP contribution in [0.1, 0.15) is 20.3 Å². The highest BCUT2D eigenvalue weighted by Gasteiger charge is 2.26. The molecule has 1 saturated heterocycles. The van der Waals surface area contributed by atoms with Crippen LogP contribution in [0.5, 0.6) is 0 Å². The third-order valence-corrected chi connectivity index (χ3v) is 2.93. The maximum atomic E-state index is 13.1. The van der Waals surface area contributed by atoms with Gasteiger partial charge in [-0.2, -0.15) is 4.39 Å². The van der Waals surface area contributed by atoms with Gasteiger partial charge in [0.05, 0.1) is 18.8 Å². The van der Waals surface area contributed by atoms with E-state index in [1.54, 1.807) is 6.07 Å². The predicted molar refractivity (Wildman–Crippen MR) is 61.0 cm³/mol. The summed E-state index contributed by atoms with van der Waals surface area (Å²) in [5.74, 6) is 0.286. The molecule has 0 aromatic carbocycles. The zero-order valence-corrected chi connectivity index (χ0v) is 9.69. The maximum absolute atomic E-state index is 13.1. The molecule has 4 heteroatoms. The lowest BCUT2D eigenvalue weighted by atomic mass is 10.1. The van der Waals surface area contributed by atoms with Gasteiger partial charge < -0.3 is 9.64 Å². The standard InChI is InChI=1S/C12H17FN2O/c1-3-10-8-16-9(2)7-15(10)12-6-4-5-11(13)14-12/h4-6,9-10H,3,7-8H2,1-2H3. The average Bonchev–Trinajstić information content (AvgIpc) is 2.29. The zero-order chi connectivity index (χ0) is 11.5. The molecule has 1 aromatic rings. The van der Waals surface area contributed by atoms with E-state index in [4.69, 9.17) is 4.74 Å². The summed E-state index contributed by atoms with van der Waals surface area (Å²) in [6, 6.07) is 5.22. The van der Waals surface area contributed by atoms with Crippen molar-refractivity contribution in [2.75, 3.05) is 18.1 Å². The van der Waals surface area contributed by atoms with Gasteiger partial charge in [-0.25, -0.2) is 4.98 Å². The fraction of sp³-hybridized carbons (Fsp3) is 0.583. The van der Waals surface area contributed by atoms with Gasteiger partial charge in [0.25, 0.3) is 0 Å². The number of hydrogen-bond donors (Lipinski definition) is 0. The van der Waals surface area contributed by atoms with E-state index in [9.17, 15) is 4.39 Å². The van der Waals surface area contributed by atoms with E-state index in [0.29, 0.717) is 18.5 Å². The molecular formula is C12H17FN2O. The van der Waals surface area contributed by atoms with Gasteiger partial charge in [0.1, 0.15) is 5.82 Å². The minimum absolute atomic E-state index is 0.174. The number of hydrogen-bond acceptors (Lipinski definition) is 3. The van der Waals surface area contributed by atoms with E-state index < -0.39 is 5.95 Å². The topological polar surface area (TPSA) is 25.4 Å². The van der Waals surface area contributed by atoms with Crippen molar-refractivity contribution in [3.05, 3.63) is 24.1 Å². The monoisotopic (exact) mass is 224 g/mol. The van der Waals surface area contributed by atoms with E-state index in [1.807, 2.05) is 13.0 Å². The Morgan fingerprint density at radius 1 is 1.56 bits per heavy atom. The fourth-order valence-corrected chi connectivity index (χ4v) is 2.02. The van der Waals surface area contributed by atoms with Gasteiger partial charge >= 0.3 is 0 Å². The highest BCUT2D eigenvalue weighted by Crippen LogP contribution is 2.21. The smallest absolute Gasteiger partial charge is 0.214 e. The quantitative estimate of drug-likeness (QED) is 0.720. The molecule has 0 aliphatic carbocycles. The van der Waals surface area contributed by atoms with Gasteiger partial charge in [-0.3, -0.25) is 0 Å². The first-order chi connectivity index (χ1) is 7.70. The lowest BCUT2D eigenvalue weighted by Gasteiger charge is -2.39. The predicted octanol–water partition coefficient (Wildman–Crippen LogP) is 2.22. The zero-order valence-electron chi connectivity index (χ0n) is 9.69. The molecule has 0 saturated carbocycles. The Bertz CT molecular complexity index is 359. The summed E-state index contributed by atoms with van der Waals surface area (Å²) in [4.78, 5) is 6.07. The molecule has 0 bridgehead atoms. The Morgan fingerprint density at radius 3 is 3.06 bits per heavy atom. The number of anilines is 1. The van der Waals surface area contributed by atoms with Crippen LogP contribution in [0.4, 0.5) is 10.2 Å². The van der Waals surface area contributed by atoms with E-state index in [0.717, 1.165) is 13.0 Å². The fourth-order valence-electron chi connectivity index (χ4n) is 2.02. The summed E-state index contributed by atoms with van der Waals surface area (Å²) < 4.78 is 18.7. The van der Waals surface area contributed by atoms with E-state index in [2.05, 4.69) is 16.8 Å². The van der Waals surface area contributed by atoms with Gasteiger partial charge in [-0.05, 0) is 25.5 Å². The molecule has 2 unspecified atom stereocenters. The van der Waals surface area contributed by atoms with Crippen molar-refractivity contribution in [3.63, 3.8) is 0 Å². The lowest BCUT2D eigenvalue weighted by Crippen LogP contribution is -2.49. The van der Waals surface area contributed by atoms with Crippen molar-refractivity contribution < 1.29 is 9.13 Å². The molecule has 2 heterocycles. The summed E-state index contributed by atoms with van der Waals surface area (Å²) in [6.45, 7) is 5.60. The van der Waals surface area contributed by atoms with E-state index >= 15 is 0 Å². The van der Waals surface area contributed by atoms with Crippen LogP contribution in [-0.4, -0.2) is 30.3 Å². The molecule has 0 N–H and O–H groups in total. The molecule has 2 rings (SSSR count). The van der Waals surface area contributed by atoms with Crippen molar-refractivity contribution >= 4 is 5.82 Å². The molecule has 1 aromatic heterocycles. The molecule has 16 heavy (non-hydrogen) atoms. The number of rotatable bonds is 2. The molecule has 1 aliphatic rings. The SMILES string of the molecule is CCC1COC(C)CN1c1cccc(F)n1.